The SMILES string of the molecule is CC1CC(NC(=O)c2ccccc2O)CCN1. The first-order valence-electron chi connectivity index (χ1n) is 5.99. The van der Waals surface area contributed by atoms with Crippen molar-refractivity contribution >= 4 is 5.91 Å². The van der Waals surface area contributed by atoms with Crippen molar-refractivity contribution in [2.75, 3.05) is 6.54 Å². The van der Waals surface area contributed by atoms with Crippen LogP contribution in [0.3, 0.4) is 0 Å². The predicted molar refractivity (Wildman–Crippen MR) is 66.1 cm³/mol. The highest BCUT2D eigenvalue weighted by atomic mass is 16.3. The summed E-state index contributed by atoms with van der Waals surface area (Å²) in [7, 11) is 0. The Morgan fingerprint density at radius 2 is 2.24 bits per heavy atom. The molecule has 0 spiro atoms. The van der Waals surface area contributed by atoms with E-state index in [9.17, 15) is 9.90 Å². The minimum absolute atomic E-state index is 0.0342. The van der Waals surface area contributed by atoms with Crippen LogP contribution in [0.2, 0.25) is 0 Å². The zero-order valence-electron chi connectivity index (χ0n) is 9.94. The van der Waals surface area contributed by atoms with Crippen molar-refractivity contribution in [2.24, 2.45) is 0 Å². The van der Waals surface area contributed by atoms with E-state index in [2.05, 4.69) is 17.6 Å². The molecule has 3 N–H and O–H groups in total. The smallest absolute Gasteiger partial charge is 0.255 e. The number of amides is 1. The molecule has 2 atom stereocenters. The number of carbonyl (C=O) groups excluding carboxylic acids is 1. The highest BCUT2D eigenvalue weighted by Crippen LogP contribution is 2.16. The maximum atomic E-state index is 11.9. The lowest BCUT2D eigenvalue weighted by Gasteiger charge is -2.28. The van der Waals surface area contributed by atoms with E-state index in [-0.39, 0.29) is 17.7 Å². The van der Waals surface area contributed by atoms with Crippen molar-refractivity contribution in [1.29, 1.82) is 0 Å². The third-order valence-corrected chi connectivity index (χ3v) is 3.11. The summed E-state index contributed by atoms with van der Waals surface area (Å²) in [6, 6.07) is 7.24. The second kappa shape index (κ2) is 5.19. The van der Waals surface area contributed by atoms with Crippen LogP contribution in [0.15, 0.2) is 24.3 Å². The summed E-state index contributed by atoms with van der Waals surface area (Å²) < 4.78 is 0. The molecular weight excluding hydrogens is 216 g/mol. The Kier molecular flexibility index (Phi) is 3.64. The third-order valence-electron chi connectivity index (χ3n) is 3.11. The molecule has 1 aromatic carbocycles. The van der Waals surface area contributed by atoms with Gasteiger partial charge in [-0.1, -0.05) is 12.1 Å². The fourth-order valence-electron chi connectivity index (χ4n) is 2.19. The largest absolute Gasteiger partial charge is 0.507 e. The van der Waals surface area contributed by atoms with Crippen LogP contribution in [-0.4, -0.2) is 29.6 Å². The van der Waals surface area contributed by atoms with Gasteiger partial charge in [-0.05, 0) is 38.4 Å². The van der Waals surface area contributed by atoms with E-state index >= 15 is 0 Å². The number of rotatable bonds is 2. The molecule has 2 rings (SSSR count). The Hall–Kier alpha value is -1.55. The number of aromatic hydroxyl groups is 1. The van der Waals surface area contributed by atoms with Gasteiger partial charge >= 0.3 is 0 Å². The Morgan fingerprint density at radius 1 is 1.47 bits per heavy atom. The number of nitrogens with one attached hydrogen (secondary N) is 2. The van der Waals surface area contributed by atoms with E-state index in [1.54, 1.807) is 18.2 Å². The summed E-state index contributed by atoms with van der Waals surface area (Å²) in [5.74, 6) is -0.158. The maximum Gasteiger partial charge on any atom is 0.255 e. The molecule has 1 saturated heterocycles. The summed E-state index contributed by atoms with van der Waals surface area (Å²) in [6.07, 6.45) is 1.86. The summed E-state index contributed by atoms with van der Waals surface area (Å²) in [5.41, 5.74) is 0.346. The molecule has 0 saturated carbocycles. The van der Waals surface area contributed by atoms with Gasteiger partial charge in [0.1, 0.15) is 5.75 Å². The van der Waals surface area contributed by atoms with E-state index in [1.807, 2.05) is 0 Å². The predicted octanol–water partition coefficient (Wildman–Crippen LogP) is 1.26. The Labute approximate surface area is 101 Å². The third kappa shape index (κ3) is 2.97. The first-order valence-corrected chi connectivity index (χ1v) is 5.99. The number of carbonyl (C=O) groups is 1. The quantitative estimate of drug-likeness (QED) is 0.722. The van der Waals surface area contributed by atoms with Gasteiger partial charge in [0.2, 0.25) is 0 Å². The molecule has 1 fully saturated rings. The molecule has 0 radical (unpaired) electrons. The van der Waals surface area contributed by atoms with E-state index < -0.39 is 0 Å². The van der Waals surface area contributed by atoms with Crippen molar-refractivity contribution in [1.82, 2.24) is 10.6 Å². The molecule has 17 heavy (non-hydrogen) atoms. The van der Waals surface area contributed by atoms with Crippen molar-refractivity contribution < 1.29 is 9.90 Å². The molecule has 0 aliphatic carbocycles. The molecule has 4 heteroatoms. The minimum atomic E-state index is -0.192. The van der Waals surface area contributed by atoms with Crippen LogP contribution < -0.4 is 10.6 Å². The standard InChI is InChI=1S/C13H18N2O2/c1-9-8-10(6-7-14-9)15-13(17)11-4-2-3-5-12(11)16/h2-5,9-10,14,16H,6-8H2,1H3,(H,15,17). The zero-order chi connectivity index (χ0) is 12.3. The molecule has 1 heterocycles. The number of hydrogen-bond donors (Lipinski definition) is 3. The van der Waals surface area contributed by atoms with Crippen molar-refractivity contribution in [3.63, 3.8) is 0 Å². The van der Waals surface area contributed by atoms with Gasteiger partial charge in [0.25, 0.3) is 5.91 Å². The van der Waals surface area contributed by atoms with Crippen LogP contribution >= 0.6 is 0 Å². The Bertz CT molecular complexity index is 406. The molecule has 92 valence electrons. The second-order valence-electron chi connectivity index (χ2n) is 4.57. The number of benzene rings is 1. The number of hydrogen-bond acceptors (Lipinski definition) is 3. The summed E-state index contributed by atoms with van der Waals surface area (Å²) in [6.45, 7) is 3.03. The minimum Gasteiger partial charge on any atom is -0.507 e. The van der Waals surface area contributed by atoms with E-state index in [0.717, 1.165) is 19.4 Å². The fourth-order valence-corrected chi connectivity index (χ4v) is 2.19. The van der Waals surface area contributed by atoms with Crippen LogP contribution in [0.5, 0.6) is 5.75 Å². The van der Waals surface area contributed by atoms with Crippen LogP contribution in [0, 0.1) is 0 Å². The molecule has 0 aromatic heterocycles. The lowest BCUT2D eigenvalue weighted by molar-refractivity contribution is 0.0923. The van der Waals surface area contributed by atoms with Gasteiger partial charge in [0.15, 0.2) is 0 Å². The van der Waals surface area contributed by atoms with Gasteiger partial charge in [0, 0.05) is 12.1 Å². The number of para-hydroxylation sites is 1. The Balaban J connectivity index is 1.99. The van der Waals surface area contributed by atoms with Gasteiger partial charge in [-0.15, -0.1) is 0 Å². The lowest BCUT2D eigenvalue weighted by atomic mass is 10.00. The average Bonchev–Trinajstić information content (AvgIpc) is 2.29. The number of piperidine rings is 1. The van der Waals surface area contributed by atoms with Gasteiger partial charge < -0.3 is 15.7 Å². The van der Waals surface area contributed by atoms with E-state index in [0.29, 0.717) is 11.6 Å². The van der Waals surface area contributed by atoms with Crippen LogP contribution in [0.4, 0.5) is 0 Å². The van der Waals surface area contributed by atoms with Crippen molar-refractivity contribution in [3.05, 3.63) is 29.8 Å². The second-order valence-corrected chi connectivity index (χ2v) is 4.57. The van der Waals surface area contributed by atoms with Crippen molar-refractivity contribution in [2.45, 2.75) is 31.8 Å². The van der Waals surface area contributed by atoms with Crippen molar-refractivity contribution in [3.8, 4) is 5.75 Å². The normalized spacial score (nSPS) is 24.3. The Morgan fingerprint density at radius 3 is 2.94 bits per heavy atom. The highest BCUT2D eigenvalue weighted by Gasteiger charge is 2.21. The molecule has 1 amide bonds. The highest BCUT2D eigenvalue weighted by molar-refractivity contribution is 5.96. The summed E-state index contributed by atoms with van der Waals surface area (Å²) in [5, 5.41) is 15.9. The van der Waals surface area contributed by atoms with E-state index in [4.69, 9.17) is 0 Å². The van der Waals surface area contributed by atoms with Crippen LogP contribution in [0.1, 0.15) is 30.1 Å². The summed E-state index contributed by atoms with van der Waals surface area (Å²) in [4.78, 5) is 11.9. The molecular formula is C13H18N2O2. The van der Waals surface area contributed by atoms with E-state index in [1.165, 1.54) is 6.07 Å². The van der Waals surface area contributed by atoms with Gasteiger partial charge in [-0.3, -0.25) is 4.79 Å². The molecule has 1 aliphatic heterocycles. The molecule has 1 aromatic rings. The van der Waals surface area contributed by atoms with Crippen LogP contribution in [-0.2, 0) is 0 Å². The topological polar surface area (TPSA) is 61.4 Å². The monoisotopic (exact) mass is 234 g/mol. The number of phenolic OH excluding ortho intramolecular Hbond substituents is 1. The maximum absolute atomic E-state index is 11.9. The lowest BCUT2D eigenvalue weighted by Crippen LogP contribution is -2.46. The first kappa shape index (κ1) is 11.9. The van der Waals surface area contributed by atoms with Gasteiger partial charge in [0.05, 0.1) is 5.56 Å². The van der Waals surface area contributed by atoms with Gasteiger partial charge in [-0.25, -0.2) is 0 Å². The van der Waals surface area contributed by atoms with Gasteiger partial charge in [-0.2, -0.15) is 0 Å². The summed E-state index contributed by atoms with van der Waals surface area (Å²) >= 11 is 0. The average molecular weight is 234 g/mol. The molecule has 2 unspecified atom stereocenters. The molecule has 1 aliphatic rings. The fraction of sp³-hybridized carbons (Fsp3) is 0.462. The van der Waals surface area contributed by atoms with Crippen LogP contribution in [0.25, 0.3) is 0 Å². The first-order chi connectivity index (χ1) is 8.16. The molecule has 4 nitrogen and oxygen atoms in total. The number of phenols is 1. The molecule has 0 bridgehead atoms. The zero-order valence-corrected chi connectivity index (χ0v) is 9.94.